The first-order chi connectivity index (χ1) is 5.77. The number of aromatic nitrogens is 2. The van der Waals surface area contributed by atoms with Crippen LogP contribution in [0.25, 0.3) is 11.0 Å². The summed E-state index contributed by atoms with van der Waals surface area (Å²) in [5.74, 6) is -0.701. The van der Waals surface area contributed by atoms with Crippen LogP contribution in [0.3, 0.4) is 0 Å². The summed E-state index contributed by atoms with van der Waals surface area (Å²) in [5, 5.41) is 0.275. The molecule has 0 aliphatic rings. The fraction of sp³-hybridized carbons (Fsp3) is 0. The minimum atomic E-state index is -0.701. The molecule has 5 nitrogen and oxygen atoms in total. The molecule has 0 unspecified atom stereocenters. The highest BCUT2D eigenvalue weighted by Crippen LogP contribution is 2.01. The number of pyridine rings is 1. The molecule has 2 aromatic heterocycles. The Balaban J connectivity index is 3.06. The van der Waals surface area contributed by atoms with Gasteiger partial charge in [-0.05, 0) is 6.07 Å². The Morgan fingerprint density at radius 3 is 3.08 bits per heavy atom. The predicted molar refractivity (Wildman–Crippen MR) is 40.9 cm³/mol. The molecule has 0 aliphatic heterocycles. The number of hydrogen-bond acceptors (Lipinski definition) is 4. The maximum Gasteiger partial charge on any atom is 0.439 e. The maximum absolute atomic E-state index is 11.0. The Hall–Kier alpha value is -1.91. The molecule has 2 rings (SSSR count). The van der Waals surface area contributed by atoms with Gasteiger partial charge in [0.25, 0.3) is 5.56 Å². The Morgan fingerprint density at radius 2 is 2.25 bits per heavy atom. The van der Waals surface area contributed by atoms with Gasteiger partial charge in [0, 0.05) is 6.20 Å². The lowest BCUT2D eigenvalue weighted by atomic mass is 10.3. The average Bonchev–Trinajstić information content (AvgIpc) is 2.04. The van der Waals surface area contributed by atoms with Gasteiger partial charge in [-0.1, -0.05) is 0 Å². The highest BCUT2D eigenvalue weighted by atomic mass is 16.4. The maximum atomic E-state index is 11.0. The van der Waals surface area contributed by atoms with Crippen molar-refractivity contribution in [2.75, 3.05) is 0 Å². The van der Waals surface area contributed by atoms with Crippen LogP contribution in [0.4, 0.5) is 0 Å². The fourth-order valence-corrected chi connectivity index (χ4v) is 0.921. The van der Waals surface area contributed by atoms with Crippen molar-refractivity contribution in [2.24, 2.45) is 0 Å². The number of nitrogens with zero attached hydrogens (tertiary/aromatic N) is 1. The standard InChI is InChI=1S/C7H4N2O3/c10-6-4-3-9-7(11)12-5(4)1-2-8-6/h1-3H,(H,8,10). The first-order valence-electron chi connectivity index (χ1n) is 3.25. The average molecular weight is 164 g/mol. The second kappa shape index (κ2) is 2.30. The molecule has 0 bridgehead atoms. The van der Waals surface area contributed by atoms with Gasteiger partial charge < -0.3 is 9.40 Å². The Kier molecular flexibility index (Phi) is 1.30. The Bertz CT molecular complexity index is 526. The first kappa shape index (κ1) is 6.78. The van der Waals surface area contributed by atoms with E-state index in [1.165, 1.54) is 18.5 Å². The molecule has 0 saturated heterocycles. The lowest BCUT2D eigenvalue weighted by molar-refractivity contribution is 0.531. The normalized spacial score (nSPS) is 10.3. The van der Waals surface area contributed by atoms with Crippen LogP contribution in [0.15, 0.2) is 32.5 Å². The third kappa shape index (κ3) is 0.914. The molecular weight excluding hydrogens is 160 g/mol. The summed E-state index contributed by atoms with van der Waals surface area (Å²) in [4.78, 5) is 27.4. The Morgan fingerprint density at radius 1 is 1.42 bits per heavy atom. The van der Waals surface area contributed by atoms with E-state index in [0.29, 0.717) is 0 Å². The van der Waals surface area contributed by atoms with Gasteiger partial charge in [-0.15, -0.1) is 0 Å². The quantitative estimate of drug-likeness (QED) is 0.588. The van der Waals surface area contributed by atoms with E-state index in [0.717, 1.165) is 0 Å². The van der Waals surface area contributed by atoms with Gasteiger partial charge in [0.2, 0.25) is 0 Å². The van der Waals surface area contributed by atoms with E-state index >= 15 is 0 Å². The van der Waals surface area contributed by atoms with Crippen molar-refractivity contribution in [3.8, 4) is 0 Å². The van der Waals surface area contributed by atoms with Crippen LogP contribution in [0, 0.1) is 0 Å². The third-order valence-corrected chi connectivity index (χ3v) is 1.46. The second-order valence-electron chi connectivity index (χ2n) is 2.21. The number of hydrogen-bond donors (Lipinski definition) is 1. The van der Waals surface area contributed by atoms with Crippen LogP contribution in [-0.2, 0) is 0 Å². The summed E-state index contributed by atoms with van der Waals surface area (Å²) in [7, 11) is 0. The molecule has 5 heteroatoms. The number of fused-ring (bicyclic) bond motifs is 1. The molecule has 0 aromatic carbocycles. The molecule has 0 radical (unpaired) electrons. The van der Waals surface area contributed by atoms with E-state index in [1.807, 2.05) is 0 Å². The fourth-order valence-electron chi connectivity index (χ4n) is 0.921. The molecule has 1 N–H and O–H groups in total. The molecule has 2 heterocycles. The number of H-pyrrole nitrogens is 1. The summed E-state index contributed by atoms with van der Waals surface area (Å²) in [6, 6.07) is 1.50. The molecular formula is C7H4N2O3. The molecule has 0 amide bonds. The largest absolute Gasteiger partial charge is 0.439 e. The third-order valence-electron chi connectivity index (χ3n) is 1.46. The molecule has 0 aliphatic carbocycles. The molecule has 60 valence electrons. The van der Waals surface area contributed by atoms with Gasteiger partial charge in [-0.2, -0.15) is 4.98 Å². The molecule has 0 fully saturated rings. The van der Waals surface area contributed by atoms with E-state index in [1.54, 1.807) is 0 Å². The topological polar surface area (TPSA) is 76.0 Å². The van der Waals surface area contributed by atoms with E-state index < -0.39 is 5.76 Å². The van der Waals surface area contributed by atoms with E-state index in [-0.39, 0.29) is 16.5 Å². The van der Waals surface area contributed by atoms with Crippen molar-refractivity contribution in [3.63, 3.8) is 0 Å². The zero-order valence-electron chi connectivity index (χ0n) is 5.90. The monoisotopic (exact) mass is 164 g/mol. The summed E-state index contributed by atoms with van der Waals surface area (Å²) in [5.41, 5.74) is -0.0671. The lowest BCUT2D eigenvalue weighted by Crippen LogP contribution is -2.09. The zero-order valence-corrected chi connectivity index (χ0v) is 5.90. The SMILES string of the molecule is O=c1ncc2c(=O)[nH]ccc2o1. The van der Waals surface area contributed by atoms with Gasteiger partial charge in [-0.25, -0.2) is 4.79 Å². The van der Waals surface area contributed by atoms with Crippen LogP contribution in [0.5, 0.6) is 0 Å². The first-order valence-corrected chi connectivity index (χ1v) is 3.25. The number of nitrogens with one attached hydrogen (secondary N) is 1. The van der Waals surface area contributed by atoms with Crippen molar-refractivity contribution < 1.29 is 4.42 Å². The van der Waals surface area contributed by atoms with Crippen molar-refractivity contribution in [1.82, 2.24) is 9.97 Å². The second-order valence-corrected chi connectivity index (χ2v) is 2.21. The molecule has 0 saturated carbocycles. The van der Waals surface area contributed by atoms with Crippen LogP contribution < -0.4 is 11.3 Å². The Labute approximate surface area is 65.7 Å². The smallest absolute Gasteiger partial charge is 0.408 e. The number of rotatable bonds is 0. The van der Waals surface area contributed by atoms with Crippen molar-refractivity contribution in [3.05, 3.63) is 39.4 Å². The minimum Gasteiger partial charge on any atom is -0.408 e. The lowest BCUT2D eigenvalue weighted by Gasteiger charge is -1.90. The van der Waals surface area contributed by atoms with E-state index in [4.69, 9.17) is 0 Å². The number of aromatic amines is 1. The molecule has 0 atom stereocenters. The van der Waals surface area contributed by atoms with Crippen molar-refractivity contribution >= 4 is 11.0 Å². The van der Waals surface area contributed by atoms with Crippen LogP contribution in [0.2, 0.25) is 0 Å². The summed E-state index contributed by atoms with van der Waals surface area (Å²) in [6.07, 6.45) is 2.60. The van der Waals surface area contributed by atoms with Crippen molar-refractivity contribution in [2.45, 2.75) is 0 Å². The van der Waals surface area contributed by atoms with Gasteiger partial charge >= 0.3 is 5.76 Å². The minimum absolute atomic E-state index is 0.249. The predicted octanol–water partition coefficient (Wildman–Crippen LogP) is -0.124. The summed E-state index contributed by atoms with van der Waals surface area (Å²) < 4.78 is 4.66. The van der Waals surface area contributed by atoms with Crippen LogP contribution in [-0.4, -0.2) is 9.97 Å². The highest BCUT2D eigenvalue weighted by Gasteiger charge is 1.99. The molecule has 0 spiro atoms. The highest BCUT2D eigenvalue weighted by molar-refractivity contribution is 5.73. The molecule has 12 heavy (non-hydrogen) atoms. The van der Waals surface area contributed by atoms with Gasteiger partial charge in [0.1, 0.15) is 11.0 Å². The summed E-state index contributed by atoms with van der Waals surface area (Å²) >= 11 is 0. The van der Waals surface area contributed by atoms with Crippen LogP contribution >= 0.6 is 0 Å². The summed E-state index contributed by atoms with van der Waals surface area (Å²) in [6.45, 7) is 0. The van der Waals surface area contributed by atoms with E-state index in [2.05, 4.69) is 14.4 Å². The van der Waals surface area contributed by atoms with Gasteiger partial charge in [0.15, 0.2) is 0 Å². The molecule has 2 aromatic rings. The van der Waals surface area contributed by atoms with Crippen molar-refractivity contribution in [1.29, 1.82) is 0 Å². The van der Waals surface area contributed by atoms with Gasteiger partial charge in [0.05, 0.1) is 6.20 Å². The van der Waals surface area contributed by atoms with E-state index in [9.17, 15) is 9.59 Å². The zero-order chi connectivity index (χ0) is 8.55. The van der Waals surface area contributed by atoms with Gasteiger partial charge in [-0.3, -0.25) is 4.79 Å². The van der Waals surface area contributed by atoms with Crippen LogP contribution in [0.1, 0.15) is 0 Å².